The van der Waals surface area contributed by atoms with E-state index in [1.807, 2.05) is 4.90 Å². The first-order chi connectivity index (χ1) is 16.5. The summed E-state index contributed by atoms with van der Waals surface area (Å²) in [5.41, 5.74) is 1.65. The number of amides is 1. The number of nitrogens with zero attached hydrogens (tertiary/aromatic N) is 2. The first kappa shape index (κ1) is 23.5. The number of rotatable bonds is 3. The van der Waals surface area contributed by atoms with Gasteiger partial charge >= 0.3 is 6.18 Å². The van der Waals surface area contributed by atoms with Crippen molar-refractivity contribution in [3.63, 3.8) is 0 Å². The predicted molar refractivity (Wildman–Crippen MR) is 119 cm³/mol. The maximum absolute atomic E-state index is 14.2. The first-order valence-corrected chi connectivity index (χ1v) is 11.3. The van der Waals surface area contributed by atoms with Gasteiger partial charge in [0.15, 0.2) is 0 Å². The molecule has 4 heterocycles. The van der Waals surface area contributed by atoms with Crippen molar-refractivity contribution in [2.45, 2.75) is 44.5 Å². The predicted octanol–water partition coefficient (Wildman–Crippen LogP) is 4.44. The molecule has 6 nitrogen and oxygen atoms in total. The highest BCUT2D eigenvalue weighted by atomic mass is 19.4. The third-order valence-corrected chi connectivity index (χ3v) is 6.61. The number of hydrogen-bond acceptors (Lipinski definition) is 5. The molecule has 2 aliphatic rings. The van der Waals surface area contributed by atoms with Crippen molar-refractivity contribution in [2.24, 2.45) is 0 Å². The number of anilines is 1. The fourth-order valence-electron chi connectivity index (χ4n) is 4.74. The molecule has 1 saturated heterocycles. The van der Waals surface area contributed by atoms with Crippen LogP contribution in [0.2, 0.25) is 0 Å². The number of nitrogens with one attached hydrogen (secondary N) is 2. The summed E-state index contributed by atoms with van der Waals surface area (Å²) in [7, 11) is 0. The third-order valence-electron chi connectivity index (χ3n) is 6.61. The molecular formula is C24H23F5N4O2. The van der Waals surface area contributed by atoms with Gasteiger partial charge in [0.05, 0.1) is 18.2 Å². The summed E-state index contributed by atoms with van der Waals surface area (Å²) in [6, 6.07) is 4.94. The quantitative estimate of drug-likeness (QED) is 0.527. The van der Waals surface area contributed by atoms with E-state index < -0.39 is 36.3 Å². The minimum absolute atomic E-state index is 0.0980. The Kier molecular flexibility index (Phi) is 5.70. The Morgan fingerprint density at radius 1 is 1.26 bits per heavy atom. The minimum Gasteiger partial charge on any atom is -0.461 e. The van der Waals surface area contributed by atoms with Crippen LogP contribution in [0.1, 0.15) is 39.4 Å². The maximum atomic E-state index is 14.2. The SMILES string of the molecule is Cc1oc2ccc(N3CCc4cnc(C(F)(F)F)cc4C3)cc2c1C(=O)NC1CCNCC1(F)F. The summed E-state index contributed by atoms with van der Waals surface area (Å²) in [5, 5.41) is 5.55. The van der Waals surface area contributed by atoms with E-state index in [2.05, 4.69) is 15.6 Å². The van der Waals surface area contributed by atoms with Crippen LogP contribution >= 0.6 is 0 Å². The van der Waals surface area contributed by atoms with Crippen molar-refractivity contribution >= 4 is 22.6 Å². The van der Waals surface area contributed by atoms with E-state index in [1.165, 1.54) is 6.20 Å². The van der Waals surface area contributed by atoms with Crippen LogP contribution in [0, 0.1) is 6.92 Å². The fraction of sp³-hybridized carbons (Fsp3) is 0.417. The van der Waals surface area contributed by atoms with Crippen LogP contribution in [-0.2, 0) is 19.1 Å². The van der Waals surface area contributed by atoms with E-state index in [1.54, 1.807) is 25.1 Å². The largest absolute Gasteiger partial charge is 0.461 e. The molecule has 0 bridgehead atoms. The van der Waals surface area contributed by atoms with Gasteiger partial charge in [0.2, 0.25) is 0 Å². The molecule has 2 N–H and O–H groups in total. The Hall–Kier alpha value is -3.21. The normalized spacial score (nSPS) is 20.1. The van der Waals surface area contributed by atoms with Crippen molar-refractivity contribution < 1.29 is 31.2 Å². The number of carbonyl (C=O) groups excluding carboxylic acids is 1. The number of pyridine rings is 1. The molecular weight excluding hydrogens is 471 g/mol. The second-order valence-electron chi connectivity index (χ2n) is 8.97. The molecule has 0 radical (unpaired) electrons. The number of halogens is 5. The van der Waals surface area contributed by atoms with Gasteiger partial charge in [-0.25, -0.2) is 8.78 Å². The number of benzene rings is 1. The monoisotopic (exact) mass is 494 g/mol. The zero-order valence-corrected chi connectivity index (χ0v) is 18.8. The first-order valence-electron chi connectivity index (χ1n) is 11.3. The van der Waals surface area contributed by atoms with Gasteiger partial charge in [-0.15, -0.1) is 0 Å². The molecule has 1 fully saturated rings. The zero-order chi connectivity index (χ0) is 25.0. The Labute approximate surface area is 197 Å². The van der Waals surface area contributed by atoms with Crippen LogP contribution in [0.4, 0.5) is 27.6 Å². The molecule has 1 unspecified atom stereocenters. The summed E-state index contributed by atoms with van der Waals surface area (Å²) in [6.07, 6.45) is -2.64. The number of alkyl halides is 5. The molecule has 1 aromatic carbocycles. The van der Waals surface area contributed by atoms with Crippen LogP contribution < -0.4 is 15.5 Å². The Morgan fingerprint density at radius 2 is 2.06 bits per heavy atom. The summed E-state index contributed by atoms with van der Waals surface area (Å²) in [4.78, 5) is 18.5. The molecule has 186 valence electrons. The highest BCUT2D eigenvalue weighted by Crippen LogP contribution is 2.34. The molecule has 35 heavy (non-hydrogen) atoms. The van der Waals surface area contributed by atoms with Gasteiger partial charge in [0.25, 0.3) is 11.8 Å². The van der Waals surface area contributed by atoms with Crippen molar-refractivity contribution in [3.05, 3.63) is 58.6 Å². The van der Waals surface area contributed by atoms with Crippen molar-refractivity contribution in [3.8, 4) is 0 Å². The molecule has 2 aliphatic heterocycles. The lowest BCUT2D eigenvalue weighted by Gasteiger charge is -2.32. The lowest BCUT2D eigenvalue weighted by atomic mass is 9.99. The average Bonchev–Trinajstić information content (AvgIpc) is 3.14. The zero-order valence-electron chi connectivity index (χ0n) is 18.8. The van der Waals surface area contributed by atoms with E-state index in [0.717, 1.165) is 11.6 Å². The maximum Gasteiger partial charge on any atom is 0.433 e. The molecule has 11 heteroatoms. The van der Waals surface area contributed by atoms with Gasteiger partial charge in [0, 0.05) is 30.4 Å². The average molecular weight is 494 g/mol. The van der Waals surface area contributed by atoms with Gasteiger partial charge in [-0.05, 0) is 61.7 Å². The molecule has 3 aromatic rings. The van der Waals surface area contributed by atoms with E-state index in [9.17, 15) is 26.7 Å². The van der Waals surface area contributed by atoms with Crippen LogP contribution in [0.3, 0.4) is 0 Å². The second kappa shape index (κ2) is 8.47. The van der Waals surface area contributed by atoms with Gasteiger partial charge < -0.3 is 20.0 Å². The highest BCUT2D eigenvalue weighted by molar-refractivity contribution is 6.08. The van der Waals surface area contributed by atoms with Crippen molar-refractivity contribution in [1.82, 2.24) is 15.6 Å². The summed E-state index contributed by atoms with van der Waals surface area (Å²) in [6.45, 7) is 2.25. The lowest BCUT2D eigenvalue weighted by Crippen LogP contribution is -2.57. The van der Waals surface area contributed by atoms with Gasteiger partial charge in [-0.2, -0.15) is 13.2 Å². The summed E-state index contributed by atoms with van der Waals surface area (Å²) in [5.74, 6) is -3.41. The van der Waals surface area contributed by atoms with E-state index in [0.29, 0.717) is 47.5 Å². The number of aromatic nitrogens is 1. The smallest absolute Gasteiger partial charge is 0.433 e. The highest BCUT2D eigenvalue weighted by Gasteiger charge is 2.43. The topological polar surface area (TPSA) is 70.4 Å². The van der Waals surface area contributed by atoms with Gasteiger partial charge in [-0.3, -0.25) is 9.78 Å². The molecule has 2 aromatic heterocycles. The Morgan fingerprint density at radius 3 is 2.80 bits per heavy atom. The summed E-state index contributed by atoms with van der Waals surface area (Å²) >= 11 is 0. The number of piperidine rings is 1. The number of aryl methyl sites for hydroxylation is 1. The number of hydrogen-bond donors (Lipinski definition) is 2. The van der Waals surface area contributed by atoms with Crippen LogP contribution in [-0.4, -0.2) is 42.5 Å². The van der Waals surface area contributed by atoms with Crippen molar-refractivity contribution in [1.29, 1.82) is 0 Å². The van der Waals surface area contributed by atoms with E-state index >= 15 is 0 Å². The molecule has 1 atom stereocenters. The summed E-state index contributed by atoms with van der Waals surface area (Å²) < 4.78 is 73.5. The van der Waals surface area contributed by atoms with Gasteiger partial charge in [0.1, 0.15) is 17.0 Å². The Balaban J connectivity index is 1.43. The van der Waals surface area contributed by atoms with Gasteiger partial charge in [-0.1, -0.05) is 0 Å². The number of furan rings is 1. The number of carbonyl (C=O) groups is 1. The standard InChI is InChI=1S/C24H23F5N4O2/c1-13-21(22(34)32-19-4-6-30-12-23(19,25)26)17-9-16(2-3-18(17)35-13)33-7-5-14-10-31-20(24(27,28)29)8-15(14)11-33/h2-3,8-10,19,30H,4-7,11-12H2,1H3,(H,32,34). The third kappa shape index (κ3) is 4.44. The fourth-order valence-corrected chi connectivity index (χ4v) is 4.74. The van der Waals surface area contributed by atoms with E-state index in [4.69, 9.17) is 4.42 Å². The van der Waals surface area contributed by atoms with E-state index in [-0.39, 0.29) is 18.5 Å². The molecule has 0 saturated carbocycles. The molecule has 0 spiro atoms. The molecule has 0 aliphatic carbocycles. The van der Waals surface area contributed by atoms with Crippen LogP contribution in [0.15, 0.2) is 34.9 Å². The van der Waals surface area contributed by atoms with Crippen LogP contribution in [0.5, 0.6) is 0 Å². The minimum atomic E-state index is -4.53. The lowest BCUT2D eigenvalue weighted by molar-refractivity contribution is -0.141. The Bertz CT molecular complexity index is 1290. The number of fused-ring (bicyclic) bond motifs is 2. The van der Waals surface area contributed by atoms with Crippen molar-refractivity contribution in [2.75, 3.05) is 24.5 Å². The van der Waals surface area contributed by atoms with Crippen LogP contribution in [0.25, 0.3) is 11.0 Å². The molecule has 5 rings (SSSR count). The second-order valence-corrected chi connectivity index (χ2v) is 8.97. The molecule has 1 amide bonds.